The topological polar surface area (TPSA) is 30.7 Å². The number of imidazole rings is 1. The Bertz CT molecular complexity index is 939. The van der Waals surface area contributed by atoms with Gasteiger partial charge in [0.25, 0.3) is 0 Å². The van der Waals surface area contributed by atoms with Crippen LogP contribution in [0.25, 0.3) is 33.3 Å². The second-order valence-corrected chi connectivity index (χ2v) is 5.46. The van der Waals surface area contributed by atoms with Crippen molar-refractivity contribution in [2.24, 2.45) is 0 Å². The Kier molecular flexibility index (Phi) is 3.11. The van der Waals surface area contributed by atoms with Crippen molar-refractivity contribution in [3.63, 3.8) is 0 Å². The van der Waals surface area contributed by atoms with Crippen LogP contribution < -0.4 is 0 Å². The summed E-state index contributed by atoms with van der Waals surface area (Å²) in [7, 11) is 0. The third-order valence-electron chi connectivity index (χ3n) is 3.98. The first-order chi connectivity index (χ1) is 10.9. The summed E-state index contributed by atoms with van der Waals surface area (Å²) in [4.78, 5) is 9.41. The number of hydrogen-bond donors (Lipinski definition) is 0. The average molecular weight is 287 g/mol. The van der Waals surface area contributed by atoms with Gasteiger partial charge in [0.2, 0.25) is 0 Å². The SMILES string of the molecule is CCCn1c(-c2ccccn2)nc2c3ccccc3ccc21. The van der Waals surface area contributed by atoms with E-state index in [1.54, 1.807) is 0 Å². The predicted molar refractivity (Wildman–Crippen MR) is 90.8 cm³/mol. The van der Waals surface area contributed by atoms with Gasteiger partial charge in [0.15, 0.2) is 5.82 Å². The predicted octanol–water partition coefficient (Wildman–Crippen LogP) is 4.66. The van der Waals surface area contributed by atoms with Gasteiger partial charge in [-0.05, 0) is 30.0 Å². The zero-order valence-electron chi connectivity index (χ0n) is 12.5. The maximum atomic E-state index is 4.93. The van der Waals surface area contributed by atoms with Crippen molar-refractivity contribution in [1.29, 1.82) is 0 Å². The number of nitrogens with zero attached hydrogens (tertiary/aromatic N) is 3. The number of rotatable bonds is 3. The van der Waals surface area contributed by atoms with E-state index in [2.05, 4.69) is 52.9 Å². The zero-order chi connectivity index (χ0) is 14.9. The van der Waals surface area contributed by atoms with Crippen molar-refractivity contribution in [3.05, 3.63) is 60.8 Å². The number of aromatic nitrogens is 3. The summed E-state index contributed by atoms with van der Waals surface area (Å²) in [5, 5.41) is 2.43. The molecule has 0 saturated heterocycles. The molecule has 0 radical (unpaired) electrons. The minimum Gasteiger partial charge on any atom is -0.323 e. The first-order valence-electron chi connectivity index (χ1n) is 7.68. The van der Waals surface area contributed by atoms with Gasteiger partial charge in [0.05, 0.1) is 11.0 Å². The molecule has 3 nitrogen and oxygen atoms in total. The molecule has 22 heavy (non-hydrogen) atoms. The van der Waals surface area contributed by atoms with Gasteiger partial charge in [-0.25, -0.2) is 4.98 Å². The molecule has 2 aromatic carbocycles. The minimum absolute atomic E-state index is 0.927. The Morgan fingerprint density at radius 3 is 2.64 bits per heavy atom. The molecule has 0 unspecified atom stereocenters. The normalized spacial score (nSPS) is 11.3. The number of hydrogen-bond acceptors (Lipinski definition) is 2. The molecular weight excluding hydrogens is 270 g/mol. The van der Waals surface area contributed by atoms with E-state index < -0.39 is 0 Å². The highest BCUT2D eigenvalue weighted by Gasteiger charge is 2.14. The summed E-state index contributed by atoms with van der Waals surface area (Å²) in [6, 6.07) is 18.7. The summed E-state index contributed by atoms with van der Waals surface area (Å²) >= 11 is 0. The van der Waals surface area contributed by atoms with Crippen molar-refractivity contribution in [3.8, 4) is 11.5 Å². The van der Waals surface area contributed by atoms with Crippen LogP contribution in [0.4, 0.5) is 0 Å². The van der Waals surface area contributed by atoms with E-state index in [1.807, 2.05) is 24.4 Å². The van der Waals surface area contributed by atoms with Crippen LogP contribution in [0.3, 0.4) is 0 Å². The molecule has 4 aromatic rings. The molecule has 0 spiro atoms. The van der Waals surface area contributed by atoms with Gasteiger partial charge in [-0.2, -0.15) is 0 Å². The van der Waals surface area contributed by atoms with Crippen molar-refractivity contribution in [2.75, 3.05) is 0 Å². The lowest BCUT2D eigenvalue weighted by Gasteiger charge is -2.07. The van der Waals surface area contributed by atoms with Crippen LogP contribution >= 0.6 is 0 Å². The molecule has 0 amide bonds. The van der Waals surface area contributed by atoms with Gasteiger partial charge in [-0.3, -0.25) is 4.98 Å². The van der Waals surface area contributed by atoms with E-state index in [0.717, 1.165) is 30.0 Å². The molecule has 4 rings (SSSR count). The standard InChI is InChI=1S/C19H17N3/c1-2-13-22-17-11-10-14-7-3-4-8-15(14)18(17)21-19(22)16-9-5-6-12-20-16/h3-12H,2,13H2,1H3. The van der Waals surface area contributed by atoms with E-state index in [4.69, 9.17) is 4.98 Å². The molecule has 108 valence electrons. The van der Waals surface area contributed by atoms with Crippen LogP contribution in [0.5, 0.6) is 0 Å². The molecular formula is C19H17N3. The van der Waals surface area contributed by atoms with Gasteiger partial charge < -0.3 is 4.57 Å². The van der Waals surface area contributed by atoms with Gasteiger partial charge in [-0.15, -0.1) is 0 Å². The molecule has 0 saturated carbocycles. The zero-order valence-corrected chi connectivity index (χ0v) is 12.5. The Morgan fingerprint density at radius 1 is 0.955 bits per heavy atom. The average Bonchev–Trinajstić information content (AvgIpc) is 2.95. The summed E-state index contributed by atoms with van der Waals surface area (Å²) < 4.78 is 2.28. The molecule has 0 fully saturated rings. The quantitative estimate of drug-likeness (QED) is 0.548. The van der Waals surface area contributed by atoms with Gasteiger partial charge in [0, 0.05) is 18.1 Å². The van der Waals surface area contributed by atoms with Crippen molar-refractivity contribution < 1.29 is 0 Å². The third-order valence-corrected chi connectivity index (χ3v) is 3.98. The number of pyridine rings is 1. The fourth-order valence-electron chi connectivity index (χ4n) is 3.00. The highest BCUT2D eigenvalue weighted by Crippen LogP contribution is 2.29. The van der Waals surface area contributed by atoms with Gasteiger partial charge >= 0.3 is 0 Å². The molecule has 0 aliphatic heterocycles. The summed E-state index contributed by atoms with van der Waals surface area (Å²) in [5.41, 5.74) is 3.17. The lowest BCUT2D eigenvalue weighted by molar-refractivity contribution is 0.702. The first-order valence-corrected chi connectivity index (χ1v) is 7.68. The lowest BCUT2D eigenvalue weighted by atomic mass is 10.1. The number of benzene rings is 2. The fourth-order valence-corrected chi connectivity index (χ4v) is 3.00. The van der Waals surface area contributed by atoms with Crippen LogP contribution in [0.1, 0.15) is 13.3 Å². The van der Waals surface area contributed by atoms with Crippen molar-refractivity contribution >= 4 is 21.8 Å². The third kappa shape index (κ3) is 1.98. The Balaban J connectivity index is 2.08. The molecule has 0 aliphatic rings. The van der Waals surface area contributed by atoms with Crippen molar-refractivity contribution in [2.45, 2.75) is 19.9 Å². The van der Waals surface area contributed by atoms with E-state index >= 15 is 0 Å². The smallest absolute Gasteiger partial charge is 0.159 e. The Morgan fingerprint density at radius 2 is 1.82 bits per heavy atom. The second kappa shape index (κ2) is 5.26. The molecule has 0 bridgehead atoms. The molecule has 2 heterocycles. The Hall–Kier alpha value is -2.68. The van der Waals surface area contributed by atoms with E-state index in [-0.39, 0.29) is 0 Å². The number of aryl methyl sites for hydroxylation is 1. The van der Waals surface area contributed by atoms with Crippen LogP contribution in [0, 0.1) is 0 Å². The van der Waals surface area contributed by atoms with Crippen LogP contribution in [-0.4, -0.2) is 14.5 Å². The molecule has 0 atom stereocenters. The van der Waals surface area contributed by atoms with Gasteiger partial charge in [-0.1, -0.05) is 43.3 Å². The maximum absolute atomic E-state index is 4.93. The maximum Gasteiger partial charge on any atom is 0.159 e. The van der Waals surface area contributed by atoms with Crippen LogP contribution in [0.15, 0.2) is 60.8 Å². The molecule has 0 aliphatic carbocycles. The summed E-state index contributed by atoms with van der Waals surface area (Å²) in [5.74, 6) is 0.953. The second-order valence-electron chi connectivity index (χ2n) is 5.46. The fraction of sp³-hybridized carbons (Fsp3) is 0.158. The summed E-state index contributed by atoms with van der Waals surface area (Å²) in [6.07, 6.45) is 2.89. The molecule has 3 heteroatoms. The Labute approximate surface area is 129 Å². The summed E-state index contributed by atoms with van der Waals surface area (Å²) in [6.45, 7) is 3.13. The highest BCUT2D eigenvalue weighted by molar-refractivity contribution is 6.05. The molecule has 2 aromatic heterocycles. The monoisotopic (exact) mass is 287 g/mol. The van der Waals surface area contributed by atoms with Crippen molar-refractivity contribution in [1.82, 2.24) is 14.5 Å². The van der Waals surface area contributed by atoms with Gasteiger partial charge in [0.1, 0.15) is 5.69 Å². The molecule has 0 N–H and O–H groups in total. The van der Waals surface area contributed by atoms with Crippen LogP contribution in [-0.2, 0) is 6.54 Å². The number of fused-ring (bicyclic) bond motifs is 3. The highest BCUT2D eigenvalue weighted by atomic mass is 15.1. The van der Waals surface area contributed by atoms with E-state index in [0.29, 0.717) is 0 Å². The largest absolute Gasteiger partial charge is 0.323 e. The van der Waals surface area contributed by atoms with Crippen LogP contribution in [0.2, 0.25) is 0 Å². The van der Waals surface area contributed by atoms with E-state index in [9.17, 15) is 0 Å². The lowest BCUT2D eigenvalue weighted by Crippen LogP contribution is -2.00. The first kappa shape index (κ1) is 13.0. The minimum atomic E-state index is 0.927. The van der Waals surface area contributed by atoms with E-state index in [1.165, 1.54) is 16.3 Å².